The fourth-order valence-electron chi connectivity index (χ4n) is 3.29. The first-order chi connectivity index (χ1) is 14.8. The molecular weight excluding hydrogens is 436 g/mol. The standard InChI is InChI=1S/C21H28N4O4S2/c1-23(2)20(26)16-24-10-4-11-25(13-12-24)21(27)17-6-8-19(9-7-17)31(28,29)22-15-18-5-3-14-30-18/h3,5-9,14,22H,4,10-13,15-16H2,1-2H3. The number of thiophene rings is 1. The van der Waals surface area contributed by atoms with Gasteiger partial charge in [-0.3, -0.25) is 14.5 Å². The first kappa shape index (κ1) is 23.4. The minimum absolute atomic E-state index is 0.0456. The molecular formula is C21H28N4O4S2. The summed E-state index contributed by atoms with van der Waals surface area (Å²) < 4.78 is 27.6. The van der Waals surface area contributed by atoms with Crippen molar-refractivity contribution in [1.29, 1.82) is 0 Å². The molecule has 0 unspecified atom stereocenters. The fraction of sp³-hybridized carbons (Fsp3) is 0.429. The van der Waals surface area contributed by atoms with Crippen molar-refractivity contribution in [3.8, 4) is 0 Å². The number of likely N-dealkylation sites (N-methyl/N-ethyl adjacent to an activating group) is 1. The summed E-state index contributed by atoms with van der Waals surface area (Å²) in [5.41, 5.74) is 0.454. The van der Waals surface area contributed by atoms with Crippen molar-refractivity contribution in [2.24, 2.45) is 0 Å². The second kappa shape index (κ2) is 10.4. The van der Waals surface area contributed by atoms with E-state index in [0.717, 1.165) is 17.8 Å². The number of hydrogen-bond donors (Lipinski definition) is 1. The highest BCUT2D eigenvalue weighted by molar-refractivity contribution is 7.89. The molecule has 168 valence electrons. The van der Waals surface area contributed by atoms with Gasteiger partial charge in [0.25, 0.3) is 5.91 Å². The zero-order valence-corrected chi connectivity index (χ0v) is 19.4. The normalized spacial score (nSPS) is 15.5. The van der Waals surface area contributed by atoms with Crippen LogP contribution in [0.2, 0.25) is 0 Å². The summed E-state index contributed by atoms with van der Waals surface area (Å²) in [4.78, 5) is 31.3. The van der Waals surface area contributed by atoms with Crippen LogP contribution in [-0.2, 0) is 21.4 Å². The van der Waals surface area contributed by atoms with E-state index >= 15 is 0 Å². The molecule has 1 aliphatic heterocycles. The molecule has 0 saturated carbocycles. The van der Waals surface area contributed by atoms with Crippen molar-refractivity contribution in [2.45, 2.75) is 17.9 Å². The lowest BCUT2D eigenvalue weighted by atomic mass is 10.2. The molecule has 0 radical (unpaired) electrons. The molecule has 8 nitrogen and oxygen atoms in total. The molecule has 2 heterocycles. The minimum atomic E-state index is -3.65. The van der Waals surface area contributed by atoms with E-state index in [1.54, 1.807) is 36.0 Å². The third-order valence-corrected chi connectivity index (χ3v) is 7.46. The van der Waals surface area contributed by atoms with Gasteiger partial charge in [-0.1, -0.05) is 6.07 Å². The van der Waals surface area contributed by atoms with Crippen LogP contribution in [0.5, 0.6) is 0 Å². The maximum atomic E-state index is 12.9. The molecule has 2 aromatic rings. The van der Waals surface area contributed by atoms with Crippen molar-refractivity contribution in [3.63, 3.8) is 0 Å². The summed E-state index contributed by atoms with van der Waals surface area (Å²) >= 11 is 1.49. The highest BCUT2D eigenvalue weighted by Gasteiger charge is 2.22. The van der Waals surface area contributed by atoms with Crippen LogP contribution in [0.15, 0.2) is 46.7 Å². The van der Waals surface area contributed by atoms with Crippen LogP contribution in [0.3, 0.4) is 0 Å². The van der Waals surface area contributed by atoms with Gasteiger partial charge in [-0.25, -0.2) is 13.1 Å². The topological polar surface area (TPSA) is 90.0 Å². The summed E-state index contributed by atoms with van der Waals surface area (Å²) in [6.45, 7) is 3.11. The third-order valence-electron chi connectivity index (χ3n) is 5.16. The SMILES string of the molecule is CN(C)C(=O)CN1CCCN(C(=O)c2ccc(S(=O)(=O)NCc3cccs3)cc2)CC1. The molecule has 1 fully saturated rings. The van der Waals surface area contributed by atoms with E-state index in [0.29, 0.717) is 31.7 Å². The number of amides is 2. The first-order valence-corrected chi connectivity index (χ1v) is 12.5. The van der Waals surface area contributed by atoms with Gasteiger partial charge in [0.1, 0.15) is 0 Å². The summed E-state index contributed by atoms with van der Waals surface area (Å²) in [5, 5.41) is 1.90. The van der Waals surface area contributed by atoms with Crippen molar-refractivity contribution in [2.75, 3.05) is 46.8 Å². The molecule has 0 atom stereocenters. The number of nitrogens with zero attached hydrogens (tertiary/aromatic N) is 3. The van der Waals surface area contributed by atoms with E-state index < -0.39 is 10.0 Å². The molecule has 1 aromatic carbocycles. The zero-order chi connectivity index (χ0) is 22.4. The van der Waals surface area contributed by atoms with Gasteiger partial charge in [-0.2, -0.15) is 0 Å². The summed E-state index contributed by atoms with van der Waals surface area (Å²) in [6, 6.07) is 9.78. The van der Waals surface area contributed by atoms with E-state index in [-0.39, 0.29) is 23.3 Å². The second-order valence-corrected chi connectivity index (χ2v) is 10.4. The smallest absolute Gasteiger partial charge is 0.253 e. The molecule has 1 aromatic heterocycles. The Morgan fingerprint density at radius 3 is 2.45 bits per heavy atom. The Bertz CT molecular complexity index is 989. The van der Waals surface area contributed by atoms with E-state index in [1.807, 2.05) is 17.5 Å². The van der Waals surface area contributed by atoms with E-state index in [2.05, 4.69) is 9.62 Å². The quantitative estimate of drug-likeness (QED) is 0.670. The van der Waals surface area contributed by atoms with E-state index in [9.17, 15) is 18.0 Å². The highest BCUT2D eigenvalue weighted by atomic mass is 32.2. The lowest BCUT2D eigenvalue weighted by molar-refractivity contribution is -0.129. The molecule has 0 spiro atoms. The van der Waals surface area contributed by atoms with E-state index in [1.165, 1.54) is 23.5 Å². The monoisotopic (exact) mass is 464 g/mol. The lowest BCUT2D eigenvalue weighted by Gasteiger charge is -2.23. The highest BCUT2D eigenvalue weighted by Crippen LogP contribution is 2.15. The molecule has 1 N–H and O–H groups in total. The van der Waals surface area contributed by atoms with Crippen LogP contribution in [0.1, 0.15) is 21.7 Å². The predicted molar refractivity (Wildman–Crippen MR) is 120 cm³/mol. The van der Waals surface area contributed by atoms with Crippen molar-refractivity contribution >= 4 is 33.2 Å². The Morgan fingerprint density at radius 1 is 1.06 bits per heavy atom. The Kier molecular flexibility index (Phi) is 7.82. The van der Waals surface area contributed by atoms with Gasteiger partial charge in [0.15, 0.2) is 0 Å². The van der Waals surface area contributed by atoms with Crippen LogP contribution in [0.25, 0.3) is 0 Å². The Balaban J connectivity index is 1.59. The van der Waals surface area contributed by atoms with Crippen molar-refractivity contribution in [3.05, 3.63) is 52.2 Å². The maximum absolute atomic E-state index is 12.9. The Morgan fingerprint density at radius 2 is 1.81 bits per heavy atom. The predicted octanol–water partition coefficient (Wildman–Crippen LogP) is 1.46. The van der Waals surface area contributed by atoms with E-state index in [4.69, 9.17) is 0 Å². The van der Waals surface area contributed by atoms with Gasteiger partial charge < -0.3 is 9.80 Å². The lowest BCUT2D eigenvalue weighted by Crippen LogP contribution is -2.39. The number of sulfonamides is 1. The number of carbonyl (C=O) groups excluding carboxylic acids is 2. The Labute approximate surface area is 187 Å². The fourth-order valence-corrected chi connectivity index (χ4v) is 5.03. The number of rotatable bonds is 7. The average Bonchev–Trinajstić information content (AvgIpc) is 3.17. The second-order valence-electron chi connectivity index (χ2n) is 7.64. The number of hydrogen-bond acceptors (Lipinski definition) is 6. The van der Waals surface area contributed by atoms with Gasteiger partial charge >= 0.3 is 0 Å². The number of nitrogens with one attached hydrogen (secondary N) is 1. The average molecular weight is 465 g/mol. The summed E-state index contributed by atoms with van der Waals surface area (Å²) in [7, 11) is -0.179. The largest absolute Gasteiger partial charge is 0.348 e. The molecule has 3 rings (SSSR count). The number of benzene rings is 1. The molecule has 0 aliphatic carbocycles. The van der Waals surface area contributed by atoms with Gasteiger partial charge in [-0.15, -0.1) is 11.3 Å². The van der Waals surface area contributed by atoms with Gasteiger partial charge in [-0.05, 0) is 42.1 Å². The van der Waals surface area contributed by atoms with Crippen LogP contribution in [0.4, 0.5) is 0 Å². The summed E-state index contributed by atoms with van der Waals surface area (Å²) in [6.07, 6.45) is 0.783. The number of carbonyl (C=O) groups is 2. The Hall–Kier alpha value is -2.27. The molecule has 31 heavy (non-hydrogen) atoms. The van der Waals surface area contributed by atoms with Crippen LogP contribution < -0.4 is 4.72 Å². The van der Waals surface area contributed by atoms with Crippen molar-refractivity contribution in [1.82, 2.24) is 19.4 Å². The first-order valence-electron chi connectivity index (χ1n) is 10.1. The molecule has 10 heteroatoms. The van der Waals surface area contributed by atoms with Crippen LogP contribution in [-0.4, -0.2) is 81.8 Å². The van der Waals surface area contributed by atoms with Gasteiger partial charge in [0.2, 0.25) is 15.9 Å². The van der Waals surface area contributed by atoms with Crippen LogP contribution in [0, 0.1) is 0 Å². The van der Waals surface area contributed by atoms with Gasteiger partial charge in [0, 0.05) is 57.3 Å². The minimum Gasteiger partial charge on any atom is -0.348 e. The molecule has 0 bridgehead atoms. The molecule has 1 saturated heterocycles. The van der Waals surface area contributed by atoms with Crippen molar-refractivity contribution < 1.29 is 18.0 Å². The molecule has 1 aliphatic rings. The molecule has 2 amide bonds. The zero-order valence-electron chi connectivity index (χ0n) is 17.8. The third kappa shape index (κ3) is 6.36. The maximum Gasteiger partial charge on any atom is 0.253 e. The summed E-state index contributed by atoms with van der Waals surface area (Å²) in [5.74, 6) is -0.0828. The van der Waals surface area contributed by atoms with Gasteiger partial charge in [0.05, 0.1) is 11.4 Å². The van der Waals surface area contributed by atoms with Crippen LogP contribution >= 0.6 is 11.3 Å².